The molecule has 1 aliphatic heterocycles. The third-order valence-corrected chi connectivity index (χ3v) is 7.36. The first-order valence-corrected chi connectivity index (χ1v) is 11.6. The Morgan fingerprint density at radius 3 is 2.58 bits per heavy atom. The summed E-state index contributed by atoms with van der Waals surface area (Å²) >= 11 is 2.33. The van der Waals surface area contributed by atoms with Crippen LogP contribution in [0.15, 0.2) is 91.0 Å². The lowest BCUT2D eigenvalue weighted by molar-refractivity contribution is -0.118. The maximum atomic E-state index is 13.4. The quantitative estimate of drug-likeness (QED) is 0.304. The minimum atomic E-state index is -0.418. The van der Waals surface area contributed by atoms with Gasteiger partial charge in [0.15, 0.2) is 0 Å². The molecule has 0 aromatic heterocycles. The molecule has 1 amide bonds. The Labute approximate surface area is 195 Å². The van der Waals surface area contributed by atoms with Crippen molar-refractivity contribution in [1.29, 1.82) is 0 Å². The predicted octanol–water partition coefficient (Wildman–Crippen LogP) is 6.69. The van der Waals surface area contributed by atoms with Gasteiger partial charge in [0.05, 0.1) is 5.92 Å². The molecule has 1 aliphatic carbocycles. The fourth-order valence-corrected chi connectivity index (χ4v) is 5.85. The zero-order valence-corrected chi connectivity index (χ0v) is 19.0. The molecule has 2 nitrogen and oxygen atoms in total. The standard InChI is InChI=1S/C28H20INO/c29-22-11-12-25-23(16-22)26(27(31)30-25)28(14-13-20-6-3-4-8-24(20)28)17-18-9-10-19-5-1-2-7-21(19)15-18/h1-16,26H,17H2,(H,30,31). The number of halogens is 1. The first kappa shape index (κ1) is 18.8. The predicted molar refractivity (Wildman–Crippen MR) is 135 cm³/mol. The summed E-state index contributed by atoms with van der Waals surface area (Å²) in [6.45, 7) is 0. The summed E-state index contributed by atoms with van der Waals surface area (Å²) < 4.78 is 1.15. The topological polar surface area (TPSA) is 29.1 Å². The highest BCUT2D eigenvalue weighted by atomic mass is 127. The molecule has 4 aromatic carbocycles. The second-order valence-electron chi connectivity index (χ2n) is 8.47. The van der Waals surface area contributed by atoms with Crippen LogP contribution in [0.1, 0.15) is 28.2 Å². The SMILES string of the molecule is O=C1Nc2ccc(I)cc2C1C1(Cc2ccc3ccccc3c2)C=Cc2ccccc21. The van der Waals surface area contributed by atoms with Crippen molar-refractivity contribution >= 4 is 51.0 Å². The molecule has 0 saturated heterocycles. The molecule has 0 saturated carbocycles. The van der Waals surface area contributed by atoms with Crippen LogP contribution in [0.25, 0.3) is 16.8 Å². The lowest BCUT2D eigenvalue weighted by Crippen LogP contribution is -2.37. The number of benzene rings is 4. The molecule has 2 atom stereocenters. The van der Waals surface area contributed by atoms with E-state index in [-0.39, 0.29) is 11.8 Å². The number of carbonyl (C=O) groups is 1. The van der Waals surface area contributed by atoms with E-state index < -0.39 is 5.41 Å². The van der Waals surface area contributed by atoms with Gasteiger partial charge in [0.1, 0.15) is 0 Å². The minimum Gasteiger partial charge on any atom is -0.325 e. The molecule has 0 spiro atoms. The van der Waals surface area contributed by atoms with E-state index in [0.29, 0.717) is 0 Å². The summed E-state index contributed by atoms with van der Waals surface area (Å²) in [6.07, 6.45) is 5.23. The maximum absolute atomic E-state index is 13.4. The van der Waals surface area contributed by atoms with Gasteiger partial charge >= 0.3 is 0 Å². The van der Waals surface area contributed by atoms with Gasteiger partial charge in [-0.1, -0.05) is 78.9 Å². The number of hydrogen-bond donors (Lipinski definition) is 1. The molecule has 2 aliphatic rings. The van der Waals surface area contributed by atoms with Crippen LogP contribution >= 0.6 is 22.6 Å². The number of carbonyl (C=O) groups excluding carboxylic acids is 1. The summed E-state index contributed by atoms with van der Waals surface area (Å²) in [5.74, 6) is -0.178. The van der Waals surface area contributed by atoms with Crippen LogP contribution in [-0.4, -0.2) is 5.91 Å². The fourth-order valence-electron chi connectivity index (χ4n) is 5.33. The van der Waals surface area contributed by atoms with Gasteiger partial charge in [0.25, 0.3) is 0 Å². The van der Waals surface area contributed by atoms with E-state index in [0.717, 1.165) is 21.2 Å². The van der Waals surface area contributed by atoms with Crippen molar-refractivity contribution in [3.63, 3.8) is 0 Å². The Kier molecular flexibility index (Phi) is 4.29. The molecule has 1 heterocycles. The van der Waals surface area contributed by atoms with Gasteiger partial charge in [-0.25, -0.2) is 0 Å². The number of allylic oxidation sites excluding steroid dienone is 1. The van der Waals surface area contributed by atoms with Gasteiger partial charge in [0, 0.05) is 14.7 Å². The van der Waals surface area contributed by atoms with Crippen LogP contribution in [0, 0.1) is 3.57 Å². The van der Waals surface area contributed by atoms with Crippen LogP contribution in [0.5, 0.6) is 0 Å². The summed E-state index contributed by atoms with van der Waals surface area (Å²) in [6, 6.07) is 29.9. The van der Waals surface area contributed by atoms with Crippen LogP contribution in [0.3, 0.4) is 0 Å². The summed E-state index contributed by atoms with van der Waals surface area (Å²) in [4.78, 5) is 13.4. The second kappa shape index (κ2) is 7.06. The van der Waals surface area contributed by atoms with Crippen molar-refractivity contribution in [2.75, 3.05) is 5.32 Å². The first-order chi connectivity index (χ1) is 15.1. The molecule has 2 unspecified atom stereocenters. The Hall–Kier alpha value is -2.92. The molecule has 6 rings (SSSR count). The highest BCUT2D eigenvalue weighted by Crippen LogP contribution is 2.52. The van der Waals surface area contributed by atoms with Crippen molar-refractivity contribution in [2.45, 2.75) is 17.8 Å². The average Bonchev–Trinajstić information content (AvgIpc) is 3.31. The van der Waals surface area contributed by atoms with Crippen LogP contribution in [-0.2, 0) is 16.6 Å². The summed E-state index contributed by atoms with van der Waals surface area (Å²) in [5, 5.41) is 5.62. The maximum Gasteiger partial charge on any atom is 0.233 e. The lowest BCUT2D eigenvalue weighted by Gasteiger charge is -2.35. The Bertz CT molecular complexity index is 1390. The number of rotatable bonds is 3. The normalized spacial score (nSPS) is 21.2. The van der Waals surface area contributed by atoms with Gasteiger partial charge < -0.3 is 5.32 Å². The van der Waals surface area contributed by atoms with Gasteiger partial charge in [-0.3, -0.25) is 4.79 Å². The summed E-state index contributed by atoms with van der Waals surface area (Å²) in [5.41, 5.74) is 5.29. The van der Waals surface area contributed by atoms with E-state index in [2.05, 4.69) is 119 Å². The van der Waals surface area contributed by atoms with Crippen LogP contribution in [0.4, 0.5) is 5.69 Å². The van der Waals surface area contributed by atoms with Crippen LogP contribution in [0.2, 0.25) is 0 Å². The van der Waals surface area contributed by atoms with E-state index in [1.807, 2.05) is 6.07 Å². The van der Waals surface area contributed by atoms with Crippen molar-refractivity contribution in [1.82, 2.24) is 0 Å². The number of anilines is 1. The second-order valence-corrected chi connectivity index (χ2v) is 9.72. The molecule has 150 valence electrons. The highest BCUT2D eigenvalue weighted by Gasteiger charge is 2.49. The third kappa shape index (κ3) is 2.94. The Morgan fingerprint density at radius 1 is 0.871 bits per heavy atom. The monoisotopic (exact) mass is 513 g/mol. The number of nitrogens with one attached hydrogen (secondary N) is 1. The molecule has 1 N–H and O–H groups in total. The Balaban J connectivity index is 1.55. The minimum absolute atomic E-state index is 0.0825. The van der Waals surface area contributed by atoms with E-state index >= 15 is 0 Å². The molecular formula is C28H20INO. The van der Waals surface area contributed by atoms with Gasteiger partial charge in [-0.2, -0.15) is 0 Å². The first-order valence-electron chi connectivity index (χ1n) is 10.5. The molecule has 3 heteroatoms. The largest absolute Gasteiger partial charge is 0.325 e. The van der Waals surface area contributed by atoms with Gasteiger partial charge in [-0.05, 0) is 80.2 Å². The number of fused-ring (bicyclic) bond motifs is 3. The van der Waals surface area contributed by atoms with E-state index in [1.54, 1.807) is 0 Å². The van der Waals surface area contributed by atoms with Crippen molar-refractivity contribution in [2.24, 2.45) is 0 Å². The van der Waals surface area contributed by atoms with E-state index in [9.17, 15) is 4.79 Å². The van der Waals surface area contributed by atoms with Crippen molar-refractivity contribution in [3.8, 4) is 0 Å². The van der Waals surface area contributed by atoms with Crippen LogP contribution < -0.4 is 5.32 Å². The Morgan fingerprint density at radius 2 is 1.68 bits per heavy atom. The van der Waals surface area contributed by atoms with Gasteiger partial charge in [-0.15, -0.1) is 0 Å². The molecule has 0 fully saturated rings. The van der Waals surface area contributed by atoms with E-state index in [1.165, 1.54) is 27.5 Å². The molecule has 4 aromatic rings. The zero-order chi connectivity index (χ0) is 21.0. The number of amides is 1. The average molecular weight is 513 g/mol. The molecule has 0 radical (unpaired) electrons. The zero-order valence-electron chi connectivity index (χ0n) is 16.8. The fraction of sp³-hybridized carbons (Fsp3) is 0.107. The molecule has 31 heavy (non-hydrogen) atoms. The molecule has 0 bridgehead atoms. The van der Waals surface area contributed by atoms with E-state index in [4.69, 9.17) is 0 Å². The third-order valence-electron chi connectivity index (χ3n) is 6.69. The number of hydrogen-bond acceptors (Lipinski definition) is 1. The van der Waals surface area contributed by atoms with Gasteiger partial charge in [0.2, 0.25) is 5.91 Å². The lowest BCUT2D eigenvalue weighted by atomic mass is 9.66. The van der Waals surface area contributed by atoms with Crippen molar-refractivity contribution < 1.29 is 4.79 Å². The van der Waals surface area contributed by atoms with Crippen molar-refractivity contribution in [3.05, 3.63) is 117 Å². The summed E-state index contributed by atoms with van der Waals surface area (Å²) in [7, 11) is 0. The molecular weight excluding hydrogens is 493 g/mol. The smallest absolute Gasteiger partial charge is 0.233 e. The highest BCUT2D eigenvalue weighted by molar-refractivity contribution is 14.1.